The SMILES string of the molecule is CCN(C(=O)c1cc(F)ccc1Oc1cncnc1N1C[C@@H](CNC(=O)OC(C)(C)C)[C@H](F)C1)C(C)C. The molecule has 0 aliphatic carbocycles. The summed E-state index contributed by atoms with van der Waals surface area (Å²) in [7, 11) is 0. The van der Waals surface area contributed by atoms with Crippen LogP contribution >= 0.6 is 0 Å². The number of rotatable bonds is 8. The predicted octanol–water partition coefficient (Wildman–Crippen LogP) is 4.58. The third-order valence-electron chi connectivity index (χ3n) is 5.84. The number of hydrogen-bond donors (Lipinski definition) is 1. The Hall–Kier alpha value is -3.50. The molecule has 0 bridgehead atoms. The number of alkyl halides is 1. The van der Waals surface area contributed by atoms with Gasteiger partial charge in [0.2, 0.25) is 0 Å². The molecule has 0 saturated carbocycles. The van der Waals surface area contributed by atoms with Crippen LogP contribution in [0.3, 0.4) is 0 Å². The van der Waals surface area contributed by atoms with Gasteiger partial charge in [-0.1, -0.05) is 0 Å². The lowest BCUT2D eigenvalue weighted by Crippen LogP contribution is -2.37. The van der Waals surface area contributed by atoms with Crippen molar-refractivity contribution in [1.29, 1.82) is 0 Å². The average molecular weight is 520 g/mol. The summed E-state index contributed by atoms with van der Waals surface area (Å²) in [5.74, 6) is -0.771. The van der Waals surface area contributed by atoms with Crippen LogP contribution in [0.5, 0.6) is 11.5 Å². The Morgan fingerprint density at radius 1 is 1.24 bits per heavy atom. The number of anilines is 1. The summed E-state index contributed by atoms with van der Waals surface area (Å²) in [6.45, 7) is 11.7. The number of alkyl carbamates (subject to hydrolysis) is 1. The van der Waals surface area contributed by atoms with Crippen molar-refractivity contribution in [2.75, 3.05) is 31.1 Å². The molecule has 9 nitrogen and oxygen atoms in total. The molecule has 0 radical (unpaired) electrons. The molecule has 37 heavy (non-hydrogen) atoms. The Kier molecular flexibility index (Phi) is 8.88. The van der Waals surface area contributed by atoms with Crippen molar-refractivity contribution in [3.05, 3.63) is 42.1 Å². The van der Waals surface area contributed by atoms with Crippen LogP contribution < -0.4 is 15.0 Å². The number of halogens is 2. The molecule has 1 fully saturated rings. The van der Waals surface area contributed by atoms with Crippen LogP contribution in [0.2, 0.25) is 0 Å². The molecule has 2 heterocycles. The van der Waals surface area contributed by atoms with Crippen LogP contribution in [0.4, 0.5) is 19.4 Å². The predicted molar refractivity (Wildman–Crippen MR) is 135 cm³/mol. The molecule has 1 aromatic carbocycles. The van der Waals surface area contributed by atoms with Gasteiger partial charge in [0.1, 0.15) is 29.7 Å². The zero-order valence-corrected chi connectivity index (χ0v) is 22.1. The number of benzene rings is 1. The van der Waals surface area contributed by atoms with Crippen LogP contribution in [0, 0.1) is 11.7 Å². The fourth-order valence-electron chi connectivity index (χ4n) is 4.12. The highest BCUT2D eigenvalue weighted by atomic mass is 19.1. The number of carbonyl (C=O) groups excluding carboxylic acids is 2. The van der Waals surface area contributed by atoms with Crippen molar-refractivity contribution in [2.24, 2.45) is 5.92 Å². The monoisotopic (exact) mass is 519 g/mol. The van der Waals surface area contributed by atoms with Gasteiger partial charge in [-0.3, -0.25) is 4.79 Å². The van der Waals surface area contributed by atoms with E-state index in [4.69, 9.17) is 9.47 Å². The number of nitrogens with one attached hydrogen (secondary N) is 1. The van der Waals surface area contributed by atoms with Crippen molar-refractivity contribution >= 4 is 17.8 Å². The molecular formula is C26H35F2N5O4. The van der Waals surface area contributed by atoms with Crippen LogP contribution in [0.25, 0.3) is 0 Å². The lowest BCUT2D eigenvalue weighted by Gasteiger charge is -2.26. The van der Waals surface area contributed by atoms with Gasteiger partial charge in [-0.15, -0.1) is 0 Å². The number of carbonyl (C=O) groups is 2. The molecule has 11 heteroatoms. The molecule has 1 aliphatic heterocycles. The molecule has 0 unspecified atom stereocenters. The van der Waals surface area contributed by atoms with E-state index in [1.165, 1.54) is 24.7 Å². The lowest BCUT2D eigenvalue weighted by molar-refractivity contribution is 0.0515. The van der Waals surface area contributed by atoms with Gasteiger partial charge in [0, 0.05) is 31.6 Å². The standard InChI is InChI=1S/C26H35F2N5O4/c1-7-33(16(2)3)24(34)19-10-18(27)8-9-21(19)36-22-12-29-15-31-23(22)32-13-17(20(28)14-32)11-30-25(35)37-26(4,5)6/h8-10,12,15-17,20H,7,11,13-14H2,1-6H3,(H,30,35)/t17-,20-/m1/s1. The number of aromatic nitrogens is 2. The van der Waals surface area contributed by atoms with Gasteiger partial charge < -0.3 is 24.6 Å². The molecule has 0 spiro atoms. The Balaban J connectivity index is 1.79. The van der Waals surface area contributed by atoms with Crippen LogP contribution in [0.15, 0.2) is 30.7 Å². The van der Waals surface area contributed by atoms with Crippen molar-refractivity contribution < 1.29 is 27.8 Å². The van der Waals surface area contributed by atoms with Crippen molar-refractivity contribution in [1.82, 2.24) is 20.2 Å². The van der Waals surface area contributed by atoms with Gasteiger partial charge in [0.25, 0.3) is 5.91 Å². The molecule has 1 aromatic heterocycles. The summed E-state index contributed by atoms with van der Waals surface area (Å²) in [6, 6.07) is 3.62. The molecule has 3 rings (SSSR count). The zero-order valence-electron chi connectivity index (χ0n) is 22.1. The van der Waals surface area contributed by atoms with Gasteiger partial charge in [-0.2, -0.15) is 0 Å². The van der Waals surface area contributed by atoms with Gasteiger partial charge in [-0.25, -0.2) is 23.5 Å². The number of amides is 2. The van der Waals surface area contributed by atoms with E-state index in [1.807, 2.05) is 20.8 Å². The first-order chi connectivity index (χ1) is 17.4. The minimum absolute atomic E-state index is 0.0280. The first-order valence-electron chi connectivity index (χ1n) is 12.3. The lowest BCUT2D eigenvalue weighted by atomic mass is 10.1. The molecule has 1 aliphatic rings. The third-order valence-corrected chi connectivity index (χ3v) is 5.84. The molecule has 2 aromatic rings. The quantitative estimate of drug-likeness (QED) is 0.545. The van der Waals surface area contributed by atoms with E-state index in [0.29, 0.717) is 12.4 Å². The summed E-state index contributed by atoms with van der Waals surface area (Å²) >= 11 is 0. The second-order valence-electron chi connectivity index (χ2n) is 10.2. The maximum absolute atomic E-state index is 14.9. The van der Waals surface area contributed by atoms with E-state index < -0.39 is 29.6 Å². The Morgan fingerprint density at radius 2 is 1.97 bits per heavy atom. The largest absolute Gasteiger partial charge is 0.451 e. The highest BCUT2D eigenvalue weighted by Gasteiger charge is 2.35. The molecule has 2 amide bonds. The highest BCUT2D eigenvalue weighted by molar-refractivity contribution is 5.97. The van der Waals surface area contributed by atoms with E-state index in [2.05, 4.69) is 15.3 Å². The minimum atomic E-state index is -1.23. The topological polar surface area (TPSA) is 96.9 Å². The van der Waals surface area contributed by atoms with Crippen LogP contribution in [-0.2, 0) is 4.74 Å². The summed E-state index contributed by atoms with van der Waals surface area (Å²) in [6.07, 6.45) is 0.889. The van der Waals surface area contributed by atoms with E-state index in [-0.39, 0.29) is 48.6 Å². The van der Waals surface area contributed by atoms with Crippen molar-refractivity contribution in [2.45, 2.75) is 59.4 Å². The summed E-state index contributed by atoms with van der Waals surface area (Å²) in [5.41, 5.74) is -0.590. The van der Waals surface area contributed by atoms with Crippen molar-refractivity contribution in [3.8, 4) is 11.5 Å². The third kappa shape index (κ3) is 7.27. The molecule has 202 valence electrons. The van der Waals surface area contributed by atoms with Crippen LogP contribution in [0.1, 0.15) is 51.9 Å². The smallest absolute Gasteiger partial charge is 0.407 e. The molecule has 1 saturated heterocycles. The summed E-state index contributed by atoms with van der Waals surface area (Å²) in [5, 5.41) is 2.62. The van der Waals surface area contributed by atoms with Crippen molar-refractivity contribution in [3.63, 3.8) is 0 Å². The van der Waals surface area contributed by atoms with Gasteiger partial charge in [-0.05, 0) is 59.7 Å². The van der Waals surface area contributed by atoms with Gasteiger partial charge in [0.15, 0.2) is 11.6 Å². The van der Waals surface area contributed by atoms with Gasteiger partial charge in [0.05, 0.1) is 18.3 Å². The van der Waals surface area contributed by atoms with E-state index >= 15 is 0 Å². The molecule has 1 N–H and O–H groups in total. The second-order valence-corrected chi connectivity index (χ2v) is 10.2. The Bertz CT molecular complexity index is 1110. The summed E-state index contributed by atoms with van der Waals surface area (Å²) < 4.78 is 40.2. The van der Waals surface area contributed by atoms with Crippen LogP contribution in [-0.4, -0.2) is 70.9 Å². The maximum Gasteiger partial charge on any atom is 0.407 e. The second kappa shape index (κ2) is 11.7. The first-order valence-corrected chi connectivity index (χ1v) is 12.3. The zero-order chi connectivity index (χ0) is 27.3. The summed E-state index contributed by atoms with van der Waals surface area (Å²) in [4.78, 5) is 36.7. The Morgan fingerprint density at radius 3 is 2.62 bits per heavy atom. The first kappa shape index (κ1) is 28.1. The minimum Gasteiger partial charge on any atom is -0.451 e. The molecule has 2 atom stereocenters. The van der Waals surface area contributed by atoms with Gasteiger partial charge >= 0.3 is 6.09 Å². The van der Waals surface area contributed by atoms with E-state index in [0.717, 1.165) is 6.07 Å². The molecular weight excluding hydrogens is 484 g/mol. The fraction of sp³-hybridized carbons (Fsp3) is 0.538. The fourth-order valence-corrected chi connectivity index (χ4v) is 4.12. The Labute approximate surface area is 216 Å². The maximum atomic E-state index is 14.9. The number of nitrogens with zero attached hydrogens (tertiary/aromatic N) is 4. The van der Waals surface area contributed by atoms with E-state index in [1.54, 1.807) is 30.6 Å². The average Bonchev–Trinajstić information content (AvgIpc) is 3.18. The normalized spacial score (nSPS) is 17.6. The highest BCUT2D eigenvalue weighted by Crippen LogP contribution is 2.35. The number of ether oxygens (including phenoxy) is 2. The number of hydrogen-bond acceptors (Lipinski definition) is 7. The van der Waals surface area contributed by atoms with E-state index in [9.17, 15) is 18.4 Å².